The summed E-state index contributed by atoms with van der Waals surface area (Å²) < 4.78 is 36.8. The van der Waals surface area contributed by atoms with Crippen molar-refractivity contribution in [2.45, 2.75) is 11.0 Å². The van der Waals surface area contributed by atoms with Gasteiger partial charge in [-0.05, 0) is 24.3 Å². The number of methoxy groups -OCH3 is 2. The molecule has 21 heavy (non-hydrogen) atoms. The molecule has 116 valence electrons. The van der Waals surface area contributed by atoms with Gasteiger partial charge in [-0.1, -0.05) is 11.8 Å². The summed E-state index contributed by atoms with van der Waals surface area (Å²) in [4.78, 5) is 0.174. The summed E-state index contributed by atoms with van der Waals surface area (Å²) in [6.45, 7) is 0.716. The number of hydrogen-bond acceptors (Lipinski definition) is 5. The SMILES string of the molecule is COCC(CNS(=O)(=O)c1ccc(C#CCN)cc1)OC. The van der Waals surface area contributed by atoms with Gasteiger partial charge in [0.05, 0.1) is 24.2 Å². The van der Waals surface area contributed by atoms with Gasteiger partial charge in [-0.25, -0.2) is 13.1 Å². The van der Waals surface area contributed by atoms with E-state index in [1.807, 2.05) is 0 Å². The minimum atomic E-state index is -3.58. The van der Waals surface area contributed by atoms with E-state index in [2.05, 4.69) is 16.6 Å². The van der Waals surface area contributed by atoms with Crippen LogP contribution in [-0.4, -0.2) is 48.4 Å². The van der Waals surface area contributed by atoms with Crippen LogP contribution in [0.25, 0.3) is 0 Å². The number of benzene rings is 1. The van der Waals surface area contributed by atoms with E-state index < -0.39 is 10.0 Å². The molecule has 6 nitrogen and oxygen atoms in total. The summed E-state index contributed by atoms with van der Waals surface area (Å²) >= 11 is 0. The van der Waals surface area contributed by atoms with Crippen molar-refractivity contribution < 1.29 is 17.9 Å². The Morgan fingerprint density at radius 3 is 2.48 bits per heavy atom. The number of rotatable bonds is 7. The number of sulfonamides is 1. The molecule has 1 rings (SSSR count). The lowest BCUT2D eigenvalue weighted by Gasteiger charge is -2.15. The number of nitrogens with one attached hydrogen (secondary N) is 1. The lowest BCUT2D eigenvalue weighted by atomic mass is 10.2. The molecule has 0 aliphatic carbocycles. The smallest absolute Gasteiger partial charge is 0.240 e. The summed E-state index contributed by atoms with van der Waals surface area (Å²) in [5.74, 6) is 5.54. The Hall–Kier alpha value is -1.43. The molecule has 0 saturated heterocycles. The summed E-state index contributed by atoms with van der Waals surface area (Å²) in [5, 5.41) is 0. The second kappa shape index (κ2) is 8.77. The van der Waals surface area contributed by atoms with Gasteiger partial charge in [0.25, 0.3) is 0 Å². The second-order valence-electron chi connectivity index (χ2n) is 4.20. The summed E-state index contributed by atoms with van der Waals surface area (Å²) in [5.41, 5.74) is 6.00. The fourth-order valence-electron chi connectivity index (χ4n) is 1.55. The Morgan fingerprint density at radius 1 is 1.29 bits per heavy atom. The first-order valence-electron chi connectivity index (χ1n) is 6.34. The molecule has 0 aromatic heterocycles. The number of nitrogens with two attached hydrogens (primary N) is 1. The maximum atomic E-state index is 12.1. The van der Waals surface area contributed by atoms with E-state index in [1.54, 1.807) is 12.1 Å². The third-order valence-electron chi connectivity index (χ3n) is 2.69. The molecule has 0 radical (unpaired) electrons. The Bertz CT molecular complexity index is 588. The van der Waals surface area contributed by atoms with Crippen molar-refractivity contribution in [2.24, 2.45) is 5.73 Å². The largest absolute Gasteiger partial charge is 0.382 e. The van der Waals surface area contributed by atoms with E-state index in [-0.39, 0.29) is 24.1 Å². The average Bonchev–Trinajstić information content (AvgIpc) is 2.49. The zero-order valence-corrected chi connectivity index (χ0v) is 12.9. The fourth-order valence-corrected chi connectivity index (χ4v) is 2.62. The van der Waals surface area contributed by atoms with Gasteiger partial charge >= 0.3 is 0 Å². The molecule has 0 amide bonds. The van der Waals surface area contributed by atoms with Crippen LogP contribution in [0.2, 0.25) is 0 Å². The molecule has 1 aromatic rings. The van der Waals surface area contributed by atoms with Gasteiger partial charge in [-0.15, -0.1) is 0 Å². The van der Waals surface area contributed by atoms with Crippen molar-refractivity contribution in [3.63, 3.8) is 0 Å². The van der Waals surface area contributed by atoms with Crippen LogP contribution in [0.1, 0.15) is 5.56 Å². The maximum Gasteiger partial charge on any atom is 0.240 e. The average molecular weight is 312 g/mol. The summed E-state index contributed by atoms with van der Waals surface area (Å²) in [6, 6.07) is 6.28. The lowest BCUT2D eigenvalue weighted by Crippen LogP contribution is -2.35. The molecule has 0 bridgehead atoms. The zero-order chi connectivity index (χ0) is 15.7. The molecule has 0 fully saturated rings. The third-order valence-corrected chi connectivity index (χ3v) is 4.13. The highest BCUT2D eigenvalue weighted by Crippen LogP contribution is 2.10. The van der Waals surface area contributed by atoms with E-state index in [0.717, 1.165) is 0 Å². The first-order chi connectivity index (χ1) is 10.0. The van der Waals surface area contributed by atoms with Gasteiger partial charge < -0.3 is 15.2 Å². The first-order valence-corrected chi connectivity index (χ1v) is 7.82. The number of hydrogen-bond donors (Lipinski definition) is 2. The minimum Gasteiger partial charge on any atom is -0.382 e. The number of ether oxygens (including phenoxy) is 2. The molecule has 1 unspecified atom stereocenters. The van der Waals surface area contributed by atoms with Crippen molar-refractivity contribution in [3.8, 4) is 11.8 Å². The molecular formula is C14H20N2O4S. The topological polar surface area (TPSA) is 90.7 Å². The van der Waals surface area contributed by atoms with Crippen LogP contribution in [0.4, 0.5) is 0 Å². The molecule has 1 aromatic carbocycles. The summed E-state index contributed by atoms with van der Waals surface area (Å²) in [6.07, 6.45) is -0.334. The van der Waals surface area contributed by atoms with Gasteiger partial charge in [0.2, 0.25) is 10.0 Å². The normalized spacial score (nSPS) is 12.5. The predicted octanol–water partition coefficient (Wildman–Crippen LogP) is -0.0635. The Balaban J connectivity index is 2.74. The second-order valence-corrected chi connectivity index (χ2v) is 5.96. The van der Waals surface area contributed by atoms with Gasteiger partial charge in [-0.3, -0.25) is 0 Å². The van der Waals surface area contributed by atoms with Gasteiger partial charge in [0, 0.05) is 26.3 Å². The molecule has 0 aliphatic rings. The van der Waals surface area contributed by atoms with Crippen LogP contribution in [-0.2, 0) is 19.5 Å². The molecule has 0 spiro atoms. The monoisotopic (exact) mass is 312 g/mol. The minimum absolute atomic E-state index is 0.140. The highest BCUT2D eigenvalue weighted by atomic mass is 32.2. The van der Waals surface area contributed by atoms with Crippen LogP contribution < -0.4 is 10.5 Å². The van der Waals surface area contributed by atoms with E-state index in [0.29, 0.717) is 12.2 Å². The molecule has 0 heterocycles. The van der Waals surface area contributed by atoms with Crippen LogP contribution in [0.15, 0.2) is 29.2 Å². The fraction of sp³-hybridized carbons (Fsp3) is 0.429. The van der Waals surface area contributed by atoms with Crippen molar-refractivity contribution >= 4 is 10.0 Å². The van der Waals surface area contributed by atoms with Crippen LogP contribution in [0.3, 0.4) is 0 Å². The van der Waals surface area contributed by atoms with Crippen LogP contribution >= 0.6 is 0 Å². The van der Waals surface area contributed by atoms with Crippen LogP contribution in [0, 0.1) is 11.8 Å². The van der Waals surface area contributed by atoms with Gasteiger partial charge in [-0.2, -0.15) is 0 Å². The highest BCUT2D eigenvalue weighted by molar-refractivity contribution is 7.89. The molecule has 3 N–H and O–H groups in total. The maximum absolute atomic E-state index is 12.1. The lowest BCUT2D eigenvalue weighted by molar-refractivity contribution is 0.0320. The molecule has 1 atom stereocenters. The summed E-state index contributed by atoms with van der Waals surface area (Å²) in [7, 11) is -0.547. The molecule has 0 saturated carbocycles. The Morgan fingerprint density at radius 2 is 1.95 bits per heavy atom. The predicted molar refractivity (Wildman–Crippen MR) is 80.2 cm³/mol. The zero-order valence-electron chi connectivity index (χ0n) is 12.1. The van der Waals surface area contributed by atoms with Crippen molar-refractivity contribution in [2.75, 3.05) is 33.9 Å². The van der Waals surface area contributed by atoms with E-state index in [9.17, 15) is 8.42 Å². The standard InChI is InChI=1S/C14H20N2O4S/c1-19-11-13(20-2)10-16-21(17,18)14-7-5-12(6-8-14)4-3-9-15/h5-8,13,16H,9-11,15H2,1-2H3. The van der Waals surface area contributed by atoms with Crippen molar-refractivity contribution in [1.29, 1.82) is 0 Å². The quantitative estimate of drug-likeness (QED) is 0.688. The first kappa shape index (κ1) is 17.6. The van der Waals surface area contributed by atoms with E-state index in [4.69, 9.17) is 15.2 Å². The molecule has 0 aliphatic heterocycles. The van der Waals surface area contributed by atoms with Gasteiger partial charge in [0.1, 0.15) is 0 Å². The van der Waals surface area contributed by atoms with Crippen molar-refractivity contribution in [3.05, 3.63) is 29.8 Å². The van der Waals surface area contributed by atoms with Crippen LogP contribution in [0.5, 0.6) is 0 Å². The highest BCUT2D eigenvalue weighted by Gasteiger charge is 2.16. The van der Waals surface area contributed by atoms with Gasteiger partial charge in [0.15, 0.2) is 0 Å². The third kappa shape index (κ3) is 5.83. The molecule has 7 heteroatoms. The van der Waals surface area contributed by atoms with E-state index >= 15 is 0 Å². The van der Waals surface area contributed by atoms with E-state index in [1.165, 1.54) is 26.4 Å². The van der Waals surface area contributed by atoms with Crippen molar-refractivity contribution in [1.82, 2.24) is 4.72 Å². The Kier molecular flexibility index (Phi) is 7.36. The molecular weight excluding hydrogens is 292 g/mol. The Labute approximate surface area is 125 Å².